The Balaban J connectivity index is 0.000000234. The minimum Gasteiger partial charge on any atom is -0.427 e. The Morgan fingerprint density at radius 3 is 1.19 bits per heavy atom. The molecule has 0 bridgehead atoms. The Bertz CT molecular complexity index is 3650. The fourth-order valence-electron chi connectivity index (χ4n) is 9.61. The molecule has 24 nitrogen and oxygen atoms in total. The van der Waals surface area contributed by atoms with E-state index in [0.29, 0.717) is 38.9 Å². The molecule has 0 saturated heterocycles. The van der Waals surface area contributed by atoms with Gasteiger partial charge >= 0.3 is 53.3 Å². The molecule has 0 spiro atoms. The van der Waals surface area contributed by atoms with Crippen molar-refractivity contribution in [2.45, 2.75) is 72.1 Å². The summed E-state index contributed by atoms with van der Waals surface area (Å²) in [7, 11) is -14.9. The normalized spacial score (nSPS) is 16.4. The fraction of sp³-hybridized carbons (Fsp3) is 0.204. The van der Waals surface area contributed by atoms with Gasteiger partial charge in [0.05, 0.1) is 11.8 Å². The van der Waals surface area contributed by atoms with Crippen molar-refractivity contribution in [2.24, 2.45) is 0 Å². The third kappa shape index (κ3) is 15.4. The quantitative estimate of drug-likeness (QED) is 0.0320. The number of phosphoric acid groups is 3. The molecule has 424 valence electrons. The number of aryl methyl sites for hydroxylation is 2. The standard InChI is InChI=1S/C31H26O11.C23H23O13P3/c1-15(32)38-22-8-6-20(7-9-22)28-29(21-10-23(39-16(2)33)12-24(11-21)40-17(3)34)31(37)26-13-25(41-18(4)35)14-27(30(26)28)42-19(5)36;1-12-7-15(11-17(8-12)35-38(28,29)30)21-20(14-3-5-16(6-4-14)34-37(25,26)27)22-18(23(21)24)9-13(2)10-19(22)36-39(31,32)33/h6-14,28-29H,1-5H3;3-11,20-21H,1-2H3,(H2,25,26,27)(H2,28,29,30)(H2,31,32,33)/t28-,29-;20-,21-/m00/s1. The monoisotopic (exact) mass is 1170 g/mol. The predicted molar refractivity (Wildman–Crippen MR) is 281 cm³/mol. The van der Waals surface area contributed by atoms with E-state index >= 15 is 0 Å². The predicted octanol–water partition coefficient (Wildman–Crippen LogP) is 8.26. The van der Waals surface area contributed by atoms with Crippen LogP contribution in [0.5, 0.6) is 46.0 Å². The first-order chi connectivity index (χ1) is 37.7. The van der Waals surface area contributed by atoms with Crippen LogP contribution in [0.3, 0.4) is 0 Å². The zero-order chi connectivity index (χ0) is 59.6. The highest BCUT2D eigenvalue weighted by atomic mass is 31.2. The average molecular weight is 1170 g/mol. The van der Waals surface area contributed by atoms with Gasteiger partial charge in [-0.25, -0.2) is 13.7 Å². The SMILES string of the molecule is CC(=O)Oc1ccc([C@@H]2c3c(OC(C)=O)cc(OC(C)=O)cc3C(=O)[C@H]2c2cc(OC(C)=O)cc(OC(C)=O)c2)cc1.Cc1cc(OP(=O)(O)O)cc([C@@H]2C(=O)c3cc(C)cc(OP(=O)(O)O)c3[C@H]2c2ccc(OP(=O)(O)O)cc2)c1. The zero-order valence-corrected chi connectivity index (χ0v) is 46.3. The number of benzene rings is 6. The number of hydrogen-bond donors (Lipinski definition) is 6. The number of fused-ring (bicyclic) bond motifs is 2. The van der Waals surface area contributed by atoms with Crippen LogP contribution < -0.4 is 37.3 Å². The lowest BCUT2D eigenvalue weighted by Gasteiger charge is -2.23. The van der Waals surface area contributed by atoms with Gasteiger partial charge in [-0.2, -0.15) is 0 Å². The van der Waals surface area contributed by atoms with E-state index in [1.165, 1.54) is 113 Å². The minimum absolute atomic E-state index is 0.00230. The Hall–Kier alpha value is -8.14. The lowest BCUT2D eigenvalue weighted by atomic mass is 9.80. The zero-order valence-electron chi connectivity index (χ0n) is 43.6. The van der Waals surface area contributed by atoms with E-state index < -0.39 is 88.6 Å². The van der Waals surface area contributed by atoms with Gasteiger partial charge in [0.25, 0.3) is 0 Å². The molecule has 27 heteroatoms. The molecule has 0 unspecified atom stereocenters. The smallest absolute Gasteiger partial charge is 0.427 e. The van der Waals surface area contributed by atoms with E-state index in [1.54, 1.807) is 44.2 Å². The molecule has 8 rings (SSSR count). The Kier molecular flexibility index (Phi) is 17.9. The second-order valence-corrected chi connectivity index (χ2v) is 21.9. The molecule has 0 saturated carbocycles. The summed E-state index contributed by atoms with van der Waals surface area (Å²) in [4.78, 5) is 143. The molecular formula is C54H49O24P3. The van der Waals surface area contributed by atoms with Gasteiger partial charge in [0.15, 0.2) is 11.6 Å². The van der Waals surface area contributed by atoms with E-state index in [2.05, 4.69) is 4.52 Å². The van der Waals surface area contributed by atoms with Crippen LogP contribution in [-0.2, 0) is 37.7 Å². The van der Waals surface area contributed by atoms with E-state index in [1.807, 2.05) is 0 Å². The number of hydrogen-bond acceptors (Lipinski definition) is 18. The highest BCUT2D eigenvalue weighted by Gasteiger charge is 2.47. The summed E-state index contributed by atoms with van der Waals surface area (Å²) >= 11 is 0. The maximum absolute atomic E-state index is 14.2. The maximum Gasteiger partial charge on any atom is 0.524 e. The molecule has 0 aromatic heterocycles. The van der Waals surface area contributed by atoms with Crippen molar-refractivity contribution in [2.75, 3.05) is 0 Å². The lowest BCUT2D eigenvalue weighted by Crippen LogP contribution is -2.15. The maximum atomic E-state index is 14.2. The topological polar surface area (TPSA) is 366 Å². The van der Waals surface area contributed by atoms with Crippen molar-refractivity contribution < 1.29 is 114 Å². The largest absolute Gasteiger partial charge is 0.524 e. The van der Waals surface area contributed by atoms with Crippen LogP contribution in [0.25, 0.3) is 0 Å². The summed E-state index contributed by atoms with van der Waals surface area (Å²) in [5.74, 6) is -8.10. The first-order valence-electron chi connectivity index (χ1n) is 23.8. The molecule has 2 aliphatic rings. The van der Waals surface area contributed by atoms with Gasteiger partial charge in [0.1, 0.15) is 46.0 Å². The summed E-state index contributed by atoms with van der Waals surface area (Å²) in [6.45, 7) is 9.27. The molecule has 6 aromatic rings. The highest BCUT2D eigenvalue weighted by molar-refractivity contribution is 7.47. The van der Waals surface area contributed by atoms with Gasteiger partial charge < -0.3 is 37.3 Å². The van der Waals surface area contributed by atoms with Crippen LogP contribution in [-0.4, -0.2) is 70.8 Å². The Morgan fingerprint density at radius 2 is 0.728 bits per heavy atom. The van der Waals surface area contributed by atoms with Crippen LogP contribution in [0.1, 0.15) is 124 Å². The number of rotatable bonds is 15. The van der Waals surface area contributed by atoms with Crippen LogP contribution in [0, 0.1) is 13.8 Å². The number of ketones is 2. The molecule has 0 radical (unpaired) electrons. The third-order valence-corrected chi connectivity index (χ3v) is 13.3. The minimum atomic E-state index is -5.06. The molecule has 0 aliphatic heterocycles. The Labute approximate surface area is 460 Å². The molecule has 0 heterocycles. The molecule has 2 aliphatic carbocycles. The van der Waals surface area contributed by atoms with E-state index in [4.69, 9.17) is 42.5 Å². The lowest BCUT2D eigenvalue weighted by molar-refractivity contribution is -0.133. The van der Waals surface area contributed by atoms with Crippen molar-refractivity contribution in [3.05, 3.63) is 165 Å². The number of carbonyl (C=O) groups excluding carboxylic acids is 7. The second-order valence-electron chi connectivity index (χ2n) is 18.4. The number of carbonyl (C=O) groups is 7. The molecule has 81 heavy (non-hydrogen) atoms. The first kappa shape index (κ1) is 60.5. The van der Waals surface area contributed by atoms with Gasteiger partial charge in [-0.15, -0.1) is 0 Å². The van der Waals surface area contributed by atoms with Crippen molar-refractivity contribution >= 4 is 64.9 Å². The summed E-state index contributed by atoms with van der Waals surface area (Å²) in [6.07, 6.45) is 0. The van der Waals surface area contributed by atoms with Crippen molar-refractivity contribution in [1.82, 2.24) is 0 Å². The fourth-order valence-corrected chi connectivity index (χ4v) is 10.8. The van der Waals surface area contributed by atoms with E-state index in [0.717, 1.165) is 0 Å². The Morgan fingerprint density at radius 1 is 0.358 bits per heavy atom. The van der Waals surface area contributed by atoms with Crippen molar-refractivity contribution in [1.29, 1.82) is 0 Å². The molecule has 0 fully saturated rings. The third-order valence-electron chi connectivity index (χ3n) is 11.9. The summed E-state index contributed by atoms with van der Waals surface area (Å²) in [5.41, 5.74) is 3.29. The number of phosphoric ester groups is 3. The molecular weight excluding hydrogens is 1130 g/mol. The van der Waals surface area contributed by atoms with Crippen molar-refractivity contribution in [3.8, 4) is 46.0 Å². The first-order valence-corrected chi connectivity index (χ1v) is 28.4. The average Bonchev–Trinajstić information content (AvgIpc) is 3.78. The van der Waals surface area contributed by atoms with Crippen LogP contribution >= 0.6 is 23.5 Å². The van der Waals surface area contributed by atoms with Crippen LogP contribution in [0.2, 0.25) is 0 Å². The molecule has 0 amide bonds. The van der Waals surface area contributed by atoms with Gasteiger partial charge in [-0.05, 0) is 114 Å². The van der Waals surface area contributed by atoms with Gasteiger partial charge in [-0.1, -0.05) is 30.3 Å². The summed E-state index contributed by atoms with van der Waals surface area (Å²) in [6, 6.07) is 25.9. The van der Waals surface area contributed by atoms with Crippen molar-refractivity contribution in [3.63, 3.8) is 0 Å². The van der Waals surface area contributed by atoms with Gasteiger partial charge in [0.2, 0.25) is 0 Å². The summed E-state index contributed by atoms with van der Waals surface area (Å²) in [5, 5.41) is 0. The molecule has 6 aromatic carbocycles. The van der Waals surface area contributed by atoms with E-state index in [-0.39, 0.29) is 62.7 Å². The molecule has 6 N–H and O–H groups in total. The molecule has 4 atom stereocenters. The van der Waals surface area contributed by atoms with Crippen LogP contribution in [0.4, 0.5) is 0 Å². The summed E-state index contributed by atoms with van der Waals surface area (Å²) < 4.78 is 75.2. The van der Waals surface area contributed by atoms with Crippen LogP contribution in [0.15, 0.2) is 109 Å². The van der Waals surface area contributed by atoms with Gasteiger partial charge in [0, 0.05) is 80.8 Å². The van der Waals surface area contributed by atoms with Gasteiger partial charge in [-0.3, -0.25) is 62.9 Å². The second kappa shape index (κ2) is 23.9. The highest BCUT2D eigenvalue weighted by Crippen LogP contribution is 2.56. The van der Waals surface area contributed by atoms with E-state index in [9.17, 15) is 66.8 Å². The number of ether oxygens (including phenoxy) is 5. The number of Topliss-reactive ketones (excluding diaryl/α,β-unsaturated/α-hetero) is 2. The number of esters is 5.